The van der Waals surface area contributed by atoms with Crippen molar-refractivity contribution in [3.8, 4) is 0 Å². The monoisotopic (exact) mass is 548 g/mol. The van der Waals surface area contributed by atoms with Crippen LogP contribution in [0, 0.1) is 46.3 Å². The summed E-state index contributed by atoms with van der Waals surface area (Å²) in [7, 11) is 0. The smallest absolute Gasteiger partial charge is 0.323 e. The van der Waals surface area contributed by atoms with Crippen molar-refractivity contribution < 1.29 is 24.2 Å². The summed E-state index contributed by atoms with van der Waals surface area (Å²) in [6, 6.07) is -0.572. The van der Waals surface area contributed by atoms with Gasteiger partial charge < -0.3 is 26.0 Å². The number of ether oxygens (including phenoxy) is 2. The third-order valence-corrected chi connectivity index (χ3v) is 12.1. The van der Waals surface area contributed by atoms with Crippen LogP contribution in [0.4, 0.5) is 0 Å². The fourth-order valence-corrected chi connectivity index (χ4v) is 9.92. The lowest BCUT2D eigenvalue weighted by molar-refractivity contribution is -0.183. The summed E-state index contributed by atoms with van der Waals surface area (Å²) in [5, 5.41) is 11.7. The maximum absolute atomic E-state index is 12.6. The van der Waals surface area contributed by atoms with Gasteiger partial charge in [0, 0.05) is 6.42 Å². The van der Waals surface area contributed by atoms with Crippen LogP contribution < -0.4 is 11.5 Å². The molecule has 4 aliphatic rings. The molecule has 39 heavy (non-hydrogen) atoms. The lowest BCUT2D eigenvalue weighted by Gasteiger charge is -2.62. The molecule has 7 nitrogen and oxygen atoms in total. The Kier molecular flexibility index (Phi) is 10.1. The van der Waals surface area contributed by atoms with E-state index in [1.54, 1.807) is 0 Å². The number of aliphatic hydroxyl groups is 1. The van der Waals surface area contributed by atoms with E-state index in [0.717, 1.165) is 44.9 Å². The third kappa shape index (κ3) is 6.21. The summed E-state index contributed by atoms with van der Waals surface area (Å²) >= 11 is 0. The minimum absolute atomic E-state index is 0.0794. The number of esters is 2. The van der Waals surface area contributed by atoms with E-state index >= 15 is 0 Å². The van der Waals surface area contributed by atoms with Crippen molar-refractivity contribution in [3.63, 3.8) is 0 Å². The Morgan fingerprint density at radius 1 is 1.00 bits per heavy atom. The Morgan fingerprint density at radius 2 is 1.72 bits per heavy atom. The Morgan fingerprint density at radius 3 is 2.44 bits per heavy atom. The van der Waals surface area contributed by atoms with Crippen LogP contribution in [-0.4, -0.2) is 48.4 Å². The van der Waals surface area contributed by atoms with E-state index < -0.39 is 6.04 Å². The van der Waals surface area contributed by atoms with Crippen molar-refractivity contribution in [1.82, 2.24) is 0 Å². The number of hydrogen-bond acceptors (Lipinski definition) is 7. The topological polar surface area (TPSA) is 125 Å². The quantitative estimate of drug-likeness (QED) is 0.246. The molecule has 0 bridgehead atoms. The van der Waals surface area contributed by atoms with E-state index in [2.05, 4.69) is 20.8 Å². The van der Waals surface area contributed by atoms with Crippen LogP contribution in [0.1, 0.15) is 111 Å². The third-order valence-electron chi connectivity index (χ3n) is 12.1. The minimum atomic E-state index is -0.572. The summed E-state index contributed by atoms with van der Waals surface area (Å²) in [5.74, 6) is 2.51. The summed E-state index contributed by atoms with van der Waals surface area (Å²) in [6.45, 7) is 10.2. The van der Waals surface area contributed by atoms with Gasteiger partial charge in [-0.2, -0.15) is 0 Å². The van der Waals surface area contributed by atoms with Gasteiger partial charge in [0.05, 0.1) is 12.7 Å². The van der Waals surface area contributed by atoms with Crippen LogP contribution in [0.2, 0.25) is 0 Å². The standard InChI is InChI=1S/C32H56N2O5/c1-5-38-28(36)12-9-20(2)23-10-11-24-29-25(14-16-32(23,24)4)31(3)15-13-22(18-21(31)19-27(29)35)39-30(37)26(34)8-6-7-17-33/h20-27,29,35H,5-19,33-34H2,1-4H3/t20-,21+,22-,23-,24+,25+,26+,27-,29+,31+,32-/m1/s1. The van der Waals surface area contributed by atoms with E-state index in [9.17, 15) is 14.7 Å². The van der Waals surface area contributed by atoms with Crippen LogP contribution in [-0.2, 0) is 19.1 Å². The van der Waals surface area contributed by atoms with E-state index in [1.807, 2.05) is 6.92 Å². The van der Waals surface area contributed by atoms with E-state index in [-0.39, 0.29) is 35.0 Å². The molecule has 0 radical (unpaired) electrons. The van der Waals surface area contributed by atoms with Gasteiger partial charge in [0.2, 0.25) is 0 Å². The van der Waals surface area contributed by atoms with Crippen LogP contribution in [0.5, 0.6) is 0 Å². The largest absolute Gasteiger partial charge is 0.466 e. The lowest BCUT2D eigenvalue weighted by Crippen LogP contribution is -2.59. The predicted molar refractivity (Wildman–Crippen MR) is 152 cm³/mol. The van der Waals surface area contributed by atoms with E-state index in [4.69, 9.17) is 20.9 Å². The van der Waals surface area contributed by atoms with Crippen molar-refractivity contribution in [2.24, 2.45) is 57.8 Å². The highest BCUT2D eigenvalue weighted by Gasteiger charge is 2.63. The zero-order valence-electron chi connectivity index (χ0n) is 25.0. The summed E-state index contributed by atoms with van der Waals surface area (Å²) in [4.78, 5) is 24.6. The number of nitrogens with two attached hydrogens (primary N) is 2. The molecule has 4 fully saturated rings. The Balaban J connectivity index is 1.38. The van der Waals surface area contributed by atoms with Crippen molar-refractivity contribution >= 4 is 11.9 Å². The van der Waals surface area contributed by atoms with Crippen molar-refractivity contribution in [1.29, 1.82) is 0 Å². The Bertz CT molecular complexity index is 852. The van der Waals surface area contributed by atoms with Crippen LogP contribution >= 0.6 is 0 Å². The summed E-state index contributed by atoms with van der Waals surface area (Å²) in [6.07, 6.45) is 11.7. The molecule has 0 aliphatic heterocycles. The molecular weight excluding hydrogens is 492 g/mol. The average Bonchev–Trinajstić information content (AvgIpc) is 3.25. The van der Waals surface area contributed by atoms with Crippen molar-refractivity contribution in [3.05, 3.63) is 0 Å². The number of carbonyl (C=O) groups excluding carboxylic acids is 2. The van der Waals surface area contributed by atoms with Crippen molar-refractivity contribution in [2.45, 2.75) is 129 Å². The number of hydrogen-bond donors (Lipinski definition) is 3. The highest BCUT2D eigenvalue weighted by atomic mass is 16.5. The molecule has 4 rings (SSSR count). The minimum Gasteiger partial charge on any atom is -0.466 e. The second-order valence-corrected chi connectivity index (χ2v) is 14.1. The van der Waals surface area contributed by atoms with Gasteiger partial charge in [0.15, 0.2) is 0 Å². The van der Waals surface area contributed by atoms with E-state index in [0.29, 0.717) is 61.5 Å². The van der Waals surface area contributed by atoms with Gasteiger partial charge >= 0.3 is 11.9 Å². The summed E-state index contributed by atoms with van der Waals surface area (Å²) < 4.78 is 11.1. The average molecular weight is 549 g/mol. The molecule has 5 N–H and O–H groups in total. The molecule has 7 heteroatoms. The number of carbonyl (C=O) groups is 2. The number of aliphatic hydroxyl groups excluding tert-OH is 1. The fourth-order valence-electron chi connectivity index (χ4n) is 9.92. The molecule has 0 aromatic heterocycles. The molecule has 0 spiro atoms. The van der Waals surface area contributed by atoms with Gasteiger partial charge in [0.25, 0.3) is 0 Å². The molecule has 0 aromatic rings. The second kappa shape index (κ2) is 12.8. The van der Waals surface area contributed by atoms with Gasteiger partial charge in [0.1, 0.15) is 12.1 Å². The molecule has 4 saturated carbocycles. The first-order valence-electron chi connectivity index (χ1n) is 16.0. The van der Waals surface area contributed by atoms with E-state index in [1.165, 1.54) is 25.7 Å². The molecular formula is C32H56N2O5. The second-order valence-electron chi connectivity index (χ2n) is 14.1. The lowest BCUT2D eigenvalue weighted by atomic mass is 9.43. The highest BCUT2D eigenvalue weighted by Crippen LogP contribution is 2.68. The highest BCUT2D eigenvalue weighted by molar-refractivity contribution is 5.75. The maximum Gasteiger partial charge on any atom is 0.323 e. The van der Waals surface area contributed by atoms with Gasteiger partial charge in [-0.1, -0.05) is 27.2 Å². The first kappa shape index (κ1) is 30.8. The molecule has 0 heterocycles. The molecule has 0 unspecified atom stereocenters. The van der Waals surface area contributed by atoms with Crippen LogP contribution in [0.25, 0.3) is 0 Å². The van der Waals surface area contributed by atoms with Crippen LogP contribution in [0.3, 0.4) is 0 Å². The molecule has 0 saturated heterocycles. The zero-order valence-corrected chi connectivity index (χ0v) is 25.0. The zero-order chi connectivity index (χ0) is 28.4. The fraction of sp³-hybridized carbons (Fsp3) is 0.938. The number of rotatable bonds is 11. The molecule has 11 atom stereocenters. The molecule has 0 amide bonds. The van der Waals surface area contributed by atoms with Gasteiger partial charge in [-0.15, -0.1) is 0 Å². The van der Waals surface area contributed by atoms with Gasteiger partial charge in [-0.05, 0) is 130 Å². The Labute approximate surface area is 236 Å². The number of fused-ring (bicyclic) bond motifs is 5. The predicted octanol–water partition coefficient (Wildman–Crippen LogP) is 4.96. The maximum atomic E-state index is 12.6. The first-order chi connectivity index (χ1) is 18.5. The van der Waals surface area contributed by atoms with Gasteiger partial charge in [-0.25, -0.2) is 0 Å². The SMILES string of the molecule is CCOC(=O)CC[C@@H](C)[C@H]1CC[C@H]2[C@@H]3[C@H](O)C[C@@H]4C[C@H](OC(=O)[C@@H](N)CCCCN)CC[C@]4(C)[C@H]3CC[C@]12C. The van der Waals surface area contributed by atoms with Crippen molar-refractivity contribution in [2.75, 3.05) is 13.2 Å². The normalized spacial score (nSPS) is 41.1. The van der Waals surface area contributed by atoms with Gasteiger partial charge in [-0.3, -0.25) is 9.59 Å². The molecule has 4 aliphatic carbocycles. The van der Waals surface area contributed by atoms with Crippen LogP contribution in [0.15, 0.2) is 0 Å². The molecule has 224 valence electrons. The summed E-state index contributed by atoms with van der Waals surface area (Å²) in [5.41, 5.74) is 12.1. The Hall–Kier alpha value is -1.18. The first-order valence-corrected chi connectivity index (χ1v) is 16.0. The molecule has 0 aromatic carbocycles. The number of unbranched alkanes of at least 4 members (excludes halogenated alkanes) is 1.